The van der Waals surface area contributed by atoms with E-state index in [9.17, 15) is 8.42 Å². The lowest BCUT2D eigenvalue weighted by molar-refractivity contribution is 0.552. The molecule has 0 aromatic carbocycles. The predicted octanol–water partition coefficient (Wildman–Crippen LogP) is 1.85. The van der Waals surface area contributed by atoms with E-state index in [2.05, 4.69) is 24.1 Å². The quantitative estimate of drug-likeness (QED) is 0.806. The van der Waals surface area contributed by atoms with Crippen LogP contribution in [0.5, 0.6) is 0 Å². The van der Waals surface area contributed by atoms with Gasteiger partial charge in [-0.05, 0) is 33.7 Å². The number of rotatable bonds is 6. The van der Waals surface area contributed by atoms with Crippen LogP contribution in [-0.4, -0.2) is 32.0 Å². The first-order valence-electron chi connectivity index (χ1n) is 5.64. The molecule has 1 N–H and O–H groups in total. The third-order valence-corrected chi connectivity index (χ3v) is 4.42. The number of thiazole rings is 1. The molecule has 1 aromatic rings. The summed E-state index contributed by atoms with van der Waals surface area (Å²) in [6.45, 7) is 6.82. The molecule has 0 spiro atoms. The van der Waals surface area contributed by atoms with Crippen molar-refractivity contribution >= 4 is 21.2 Å². The van der Waals surface area contributed by atoms with Crippen LogP contribution >= 0.6 is 11.3 Å². The Hall–Kier alpha value is -0.460. The molecule has 17 heavy (non-hydrogen) atoms. The lowest BCUT2D eigenvalue weighted by Crippen LogP contribution is -2.22. The number of aromatic nitrogens is 1. The molecule has 1 unspecified atom stereocenters. The van der Waals surface area contributed by atoms with Crippen LogP contribution in [0.2, 0.25) is 0 Å². The van der Waals surface area contributed by atoms with Crippen molar-refractivity contribution < 1.29 is 8.42 Å². The first kappa shape index (κ1) is 14.6. The number of hydrogen-bond acceptors (Lipinski definition) is 5. The van der Waals surface area contributed by atoms with Crippen LogP contribution in [0.1, 0.15) is 35.0 Å². The van der Waals surface area contributed by atoms with E-state index in [1.807, 2.05) is 6.92 Å². The highest BCUT2D eigenvalue weighted by atomic mass is 32.2. The van der Waals surface area contributed by atoms with E-state index >= 15 is 0 Å². The van der Waals surface area contributed by atoms with Gasteiger partial charge in [-0.3, -0.25) is 0 Å². The van der Waals surface area contributed by atoms with E-state index in [1.54, 1.807) is 11.3 Å². The average molecular weight is 276 g/mol. The molecule has 0 amide bonds. The van der Waals surface area contributed by atoms with Gasteiger partial charge in [-0.15, -0.1) is 11.3 Å². The minimum atomic E-state index is -2.84. The molecule has 0 saturated carbocycles. The largest absolute Gasteiger partial charge is 0.309 e. The summed E-state index contributed by atoms with van der Waals surface area (Å²) in [6, 6.07) is 0.180. The zero-order chi connectivity index (χ0) is 13.1. The molecule has 4 nitrogen and oxygen atoms in total. The minimum absolute atomic E-state index is 0.180. The van der Waals surface area contributed by atoms with Gasteiger partial charge in [0.05, 0.1) is 16.5 Å². The van der Waals surface area contributed by atoms with E-state index in [-0.39, 0.29) is 11.8 Å². The Bertz CT molecular complexity index is 466. The summed E-state index contributed by atoms with van der Waals surface area (Å²) in [7, 11) is -2.84. The van der Waals surface area contributed by atoms with Crippen molar-refractivity contribution in [1.82, 2.24) is 10.3 Å². The highest BCUT2D eigenvalue weighted by molar-refractivity contribution is 7.90. The van der Waals surface area contributed by atoms with E-state index in [0.717, 1.165) is 10.7 Å². The Balaban J connectivity index is 2.40. The summed E-state index contributed by atoms with van der Waals surface area (Å²) in [5.74, 6) is 0.238. The van der Waals surface area contributed by atoms with E-state index in [4.69, 9.17) is 0 Å². The standard InChI is InChI=1S/C11H20N2O2S2/c1-8(11-9(2)16-10(3)13-11)12-6-5-7-17(4,14)15/h8,12H,5-7H2,1-4H3. The van der Waals surface area contributed by atoms with Crippen molar-refractivity contribution in [2.45, 2.75) is 33.2 Å². The van der Waals surface area contributed by atoms with Crippen molar-refractivity contribution in [3.05, 3.63) is 15.6 Å². The molecule has 1 aromatic heterocycles. The van der Waals surface area contributed by atoms with Gasteiger partial charge >= 0.3 is 0 Å². The topological polar surface area (TPSA) is 59.1 Å². The van der Waals surface area contributed by atoms with E-state index in [0.29, 0.717) is 13.0 Å². The minimum Gasteiger partial charge on any atom is -0.309 e. The SMILES string of the molecule is Cc1nc(C(C)NCCCS(C)(=O)=O)c(C)s1. The molecule has 0 fully saturated rings. The maximum absolute atomic E-state index is 11.0. The van der Waals surface area contributed by atoms with Crippen LogP contribution in [0.25, 0.3) is 0 Å². The molecule has 0 aliphatic carbocycles. The molecule has 0 radical (unpaired) electrons. The Kier molecular flexibility index (Phi) is 5.09. The maximum Gasteiger partial charge on any atom is 0.147 e. The molecule has 1 rings (SSSR count). The van der Waals surface area contributed by atoms with Crippen LogP contribution in [0, 0.1) is 13.8 Å². The van der Waals surface area contributed by atoms with Gasteiger partial charge in [-0.2, -0.15) is 0 Å². The van der Waals surface area contributed by atoms with Gasteiger partial charge < -0.3 is 5.32 Å². The monoisotopic (exact) mass is 276 g/mol. The zero-order valence-electron chi connectivity index (χ0n) is 10.8. The van der Waals surface area contributed by atoms with E-state index in [1.165, 1.54) is 11.1 Å². The van der Waals surface area contributed by atoms with Gasteiger partial charge in [0.1, 0.15) is 9.84 Å². The first-order chi connectivity index (χ1) is 7.79. The summed E-state index contributed by atoms with van der Waals surface area (Å²) >= 11 is 1.69. The average Bonchev–Trinajstić information content (AvgIpc) is 2.51. The highest BCUT2D eigenvalue weighted by Gasteiger charge is 2.12. The molecule has 1 atom stereocenters. The fraction of sp³-hybridized carbons (Fsp3) is 0.727. The summed E-state index contributed by atoms with van der Waals surface area (Å²) in [5.41, 5.74) is 1.08. The molecule has 0 bridgehead atoms. The molecule has 1 heterocycles. The molecule has 0 aliphatic heterocycles. The van der Waals surface area contributed by atoms with Gasteiger partial charge in [0.25, 0.3) is 0 Å². The summed E-state index contributed by atoms with van der Waals surface area (Å²) in [6.07, 6.45) is 1.91. The second-order valence-corrected chi connectivity index (χ2v) is 8.00. The predicted molar refractivity (Wildman–Crippen MR) is 72.3 cm³/mol. The maximum atomic E-state index is 11.0. The van der Waals surface area contributed by atoms with Crippen molar-refractivity contribution in [2.24, 2.45) is 0 Å². The summed E-state index contributed by atoms with van der Waals surface area (Å²) < 4.78 is 21.9. The molecule has 0 saturated heterocycles. The summed E-state index contributed by atoms with van der Waals surface area (Å²) in [5, 5.41) is 4.38. The molecule has 0 aliphatic rings. The normalized spacial score (nSPS) is 13.9. The highest BCUT2D eigenvalue weighted by Crippen LogP contribution is 2.22. The fourth-order valence-electron chi connectivity index (χ4n) is 1.70. The number of hydrogen-bond donors (Lipinski definition) is 1. The van der Waals surface area contributed by atoms with Gasteiger partial charge in [-0.1, -0.05) is 0 Å². The number of nitrogens with zero attached hydrogens (tertiary/aromatic N) is 1. The molecular weight excluding hydrogens is 256 g/mol. The van der Waals surface area contributed by atoms with Gasteiger partial charge in [0.2, 0.25) is 0 Å². The Morgan fingerprint density at radius 2 is 2.06 bits per heavy atom. The number of nitrogens with one attached hydrogen (secondary N) is 1. The van der Waals surface area contributed by atoms with Crippen LogP contribution in [0.15, 0.2) is 0 Å². The lowest BCUT2D eigenvalue weighted by atomic mass is 10.2. The summed E-state index contributed by atoms with van der Waals surface area (Å²) in [4.78, 5) is 5.70. The number of sulfone groups is 1. The third-order valence-electron chi connectivity index (χ3n) is 2.49. The van der Waals surface area contributed by atoms with Crippen LogP contribution < -0.4 is 5.32 Å². The van der Waals surface area contributed by atoms with Gasteiger partial charge in [-0.25, -0.2) is 13.4 Å². The lowest BCUT2D eigenvalue weighted by Gasteiger charge is -2.12. The van der Waals surface area contributed by atoms with E-state index < -0.39 is 9.84 Å². The van der Waals surface area contributed by atoms with Crippen molar-refractivity contribution in [3.8, 4) is 0 Å². The van der Waals surface area contributed by atoms with Crippen LogP contribution in [-0.2, 0) is 9.84 Å². The fourth-order valence-corrected chi connectivity index (χ4v) is 3.28. The van der Waals surface area contributed by atoms with Crippen molar-refractivity contribution in [2.75, 3.05) is 18.6 Å². The second-order valence-electron chi connectivity index (χ2n) is 4.33. The Morgan fingerprint density at radius 1 is 1.41 bits per heavy atom. The third kappa shape index (κ3) is 5.14. The number of aryl methyl sites for hydroxylation is 2. The smallest absolute Gasteiger partial charge is 0.147 e. The molecule has 98 valence electrons. The van der Waals surface area contributed by atoms with Crippen molar-refractivity contribution in [3.63, 3.8) is 0 Å². The Morgan fingerprint density at radius 3 is 2.53 bits per heavy atom. The van der Waals surface area contributed by atoms with Gasteiger partial charge in [0, 0.05) is 17.2 Å². The van der Waals surface area contributed by atoms with Crippen molar-refractivity contribution in [1.29, 1.82) is 0 Å². The second kappa shape index (κ2) is 5.93. The van der Waals surface area contributed by atoms with Crippen LogP contribution in [0.3, 0.4) is 0 Å². The van der Waals surface area contributed by atoms with Gasteiger partial charge in [0.15, 0.2) is 0 Å². The first-order valence-corrected chi connectivity index (χ1v) is 8.52. The Labute approximate surface area is 107 Å². The van der Waals surface area contributed by atoms with Crippen LogP contribution in [0.4, 0.5) is 0 Å². The molecule has 6 heteroatoms. The zero-order valence-corrected chi connectivity index (χ0v) is 12.4. The molecular formula is C11H20N2O2S2.